The third-order valence-electron chi connectivity index (χ3n) is 12.5. The summed E-state index contributed by atoms with van der Waals surface area (Å²) in [5, 5.41) is 4.87. The molecule has 298 valence electrons. The molecule has 63 heavy (non-hydrogen) atoms. The minimum atomic E-state index is 1.08. The van der Waals surface area contributed by atoms with Crippen LogP contribution in [0.4, 0.5) is 17.1 Å². The lowest BCUT2D eigenvalue weighted by atomic mass is 9.88. The minimum absolute atomic E-state index is 1.08. The van der Waals surface area contributed by atoms with E-state index < -0.39 is 0 Å². The summed E-state index contributed by atoms with van der Waals surface area (Å²) < 4.78 is 2.43. The zero-order valence-corrected chi connectivity index (χ0v) is 35.1. The van der Waals surface area contributed by atoms with Gasteiger partial charge in [0.25, 0.3) is 0 Å². The van der Waals surface area contributed by atoms with Crippen molar-refractivity contribution in [3.05, 3.63) is 271 Å². The molecule has 0 aliphatic heterocycles. The third kappa shape index (κ3) is 6.52. The average molecular weight is 805 g/mol. The Bertz CT molecular complexity index is 3410. The molecule has 0 saturated heterocycles. The van der Waals surface area contributed by atoms with Crippen LogP contribution in [-0.2, 0) is 0 Å². The van der Waals surface area contributed by atoms with Crippen LogP contribution >= 0.6 is 0 Å². The van der Waals surface area contributed by atoms with E-state index in [-0.39, 0.29) is 0 Å². The lowest BCUT2D eigenvalue weighted by molar-refractivity contribution is 1.20. The molecule has 11 rings (SSSR count). The van der Waals surface area contributed by atoms with Crippen molar-refractivity contribution < 1.29 is 0 Å². The van der Waals surface area contributed by atoms with Gasteiger partial charge in [0.15, 0.2) is 0 Å². The summed E-state index contributed by atoms with van der Waals surface area (Å²) in [4.78, 5) is 2.42. The van der Waals surface area contributed by atoms with Gasteiger partial charge in [-0.25, -0.2) is 0 Å². The van der Waals surface area contributed by atoms with E-state index >= 15 is 0 Å². The Morgan fingerprint density at radius 1 is 0.460 bits per heavy atom. The number of benzene rings is 9. The van der Waals surface area contributed by atoms with Crippen molar-refractivity contribution in [2.24, 2.45) is 0 Å². The van der Waals surface area contributed by atoms with Gasteiger partial charge < -0.3 is 9.47 Å². The van der Waals surface area contributed by atoms with Crippen LogP contribution in [0.15, 0.2) is 243 Å². The van der Waals surface area contributed by atoms with Gasteiger partial charge in [-0.3, -0.25) is 0 Å². The summed E-state index contributed by atoms with van der Waals surface area (Å²) >= 11 is 0. The molecule has 0 unspecified atom stereocenters. The molecule has 0 amide bonds. The van der Waals surface area contributed by atoms with Gasteiger partial charge in [0.1, 0.15) is 0 Å². The van der Waals surface area contributed by atoms with Crippen LogP contribution in [0.25, 0.3) is 66.1 Å². The largest absolute Gasteiger partial charge is 0.310 e. The van der Waals surface area contributed by atoms with Gasteiger partial charge in [-0.05, 0) is 123 Å². The molecular formula is C61H44N2. The highest BCUT2D eigenvalue weighted by Crippen LogP contribution is 2.51. The Hall–Kier alpha value is -8.20. The molecule has 0 atom stereocenters. The highest BCUT2D eigenvalue weighted by Gasteiger charge is 2.29. The highest BCUT2D eigenvalue weighted by molar-refractivity contribution is 6.15. The lowest BCUT2D eigenvalue weighted by Crippen LogP contribution is -2.10. The Kier molecular flexibility index (Phi) is 9.60. The number of nitrogens with zero attached hydrogens (tertiary/aromatic N) is 2. The molecule has 0 saturated carbocycles. The summed E-state index contributed by atoms with van der Waals surface area (Å²) in [6.45, 7) is 5.98. The minimum Gasteiger partial charge on any atom is -0.310 e. The molecular weight excluding hydrogens is 761 g/mol. The van der Waals surface area contributed by atoms with Gasteiger partial charge in [0, 0.05) is 33.2 Å². The fourth-order valence-corrected chi connectivity index (χ4v) is 9.67. The summed E-state index contributed by atoms with van der Waals surface area (Å²) in [6, 6.07) is 77.7. The first-order chi connectivity index (χ1) is 31.2. The Balaban J connectivity index is 1.15. The Morgan fingerprint density at radius 2 is 1.05 bits per heavy atom. The van der Waals surface area contributed by atoms with Gasteiger partial charge in [0.2, 0.25) is 0 Å². The first-order valence-electron chi connectivity index (χ1n) is 21.7. The van der Waals surface area contributed by atoms with Crippen LogP contribution < -0.4 is 4.90 Å². The molecule has 9 aromatic carbocycles. The number of para-hydroxylation sites is 1. The second kappa shape index (κ2) is 16.0. The molecule has 0 N–H and O–H groups in total. The van der Waals surface area contributed by atoms with Crippen molar-refractivity contribution in [3.8, 4) is 16.8 Å². The van der Waals surface area contributed by atoms with E-state index in [1.165, 1.54) is 82.8 Å². The topological polar surface area (TPSA) is 8.17 Å². The van der Waals surface area contributed by atoms with E-state index in [0.717, 1.165) is 28.2 Å². The standard InChI is InChI=1S/C61H44N2/c1-3-5-19-42(4-2)43-32-34-47(35-33-43)62(49-37-39-59-55(40-49)53-28-16-17-30-58(53)63(59)57-31-18-25-44-20-12-13-26-50(44)57)48-36-38-52-51-27-14-15-29-54(51)61(56(52)41-48)60(45-21-8-6-9-22-45)46-23-10-7-11-24-46/h3-41H,1H2,2H3/b19-5-,42-4+. The number of fused-ring (bicyclic) bond motifs is 7. The number of rotatable bonds is 9. The van der Waals surface area contributed by atoms with Crippen LogP contribution in [0.2, 0.25) is 0 Å². The Labute approximate surface area is 369 Å². The number of hydrogen-bond donors (Lipinski definition) is 0. The predicted octanol–water partition coefficient (Wildman–Crippen LogP) is 16.5. The second-order valence-corrected chi connectivity index (χ2v) is 16.0. The van der Waals surface area contributed by atoms with Crippen LogP contribution in [0.1, 0.15) is 34.7 Å². The number of aromatic nitrogens is 1. The van der Waals surface area contributed by atoms with Gasteiger partial charge in [0.05, 0.1) is 16.7 Å². The van der Waals surface area contributed by atoms with E-state index in [4.69, 9.17) is 0 Å². The first kappa shape index (κ1) is 37.8. The molecule has 10 aromatic rings. The lowest BCUT2D eigenvalue weighted by Gasteiger charge is -2.27. The Morgan fingerprint density at radius 3 is 1.79 bits per heavy atom. The van der Waals surface area contributed by atoms with Crippen LogP contribution in [-0.4, -0.2) is 4.57 Å². The molecule has 1 heterocycles. The van der Waals surface area contributed by atoms with Gasteiger partial charge in [-0.2, -0.15) is 0 Å². The van der Waals surface area contributed by atoms with Crippen molar-refractivity contribution in [2.75, 3.05) is 4.90 Å². The summed E-state index contributed by atoms with van der Waals surface area (Å²) in [5.74, 6) is 0. The van der Waals surface area contributed by atoms with E-state index in [1.807, 2.05) is 12.2 Å². The smallest absolute Gasteiger partial charge is 0.0542 e. The van der Waals surface area contributed by atoms with Gasteiger partial charge >= 0.3 is 0 Å². The van der Waals surface area contributed by atoms with Crippen LogP contribution in [0, 0.1) is 0 Å². The van der Waals surface area contributed by atoms with Gasteiger partial charge in [-0.15, -0.1) is 0 Å². The quantitative estimate of drug-likeness (QED) is 0.132. The van der Waals surface area contributed by atoms with E-state index in [1.54, 1.807) is 0 Å². The van der Waals surface area contributed by atoms with Crippen molar-refractivity contribution in [1.82, 2.24) is 4.57 Å². The van der Waals surface area contributed by atoms with Crippen molar-refractivity contribution in [3.63, 3.8) is 0 Å². The maximum Gasteiger partial charge on any atom is 0.0542 e. The fourth-order valence-electron chi connectivity index (χ4n) is 9.67. The van der Waals surface area contributed by atoms with E-state index in [0.29, 0.717) is 0 Å². The molecule has 2 heteroatoms. The summed E-state index contributed by atoms with van der Waals surface area (Å²) in [5.41, 5.74) is 18.9. The van der Waals surface area contributed by atoms with E-state index in [9.17, 15) is 0 Å². The van der Waals surface area contributed by atoms with Crippen molar-refractivity contribution in [2.45, 2.75) is 6.92 Å². The molecule has 1 aliphatic carbocycles. The summed E-state index contributed by atoms with van der Waals surface area (Å²) in [6.07, 6.45) is 8.08. The van der Waals surface area contributed by atoms with Crippen molar-refractivity contribution in [1.29, 1.82) is 0 Å². The molecule has 0 fully saturated rings. The predicted molar refractivity (Wildman–Crippen MR) is 269 cm³/mol. The maximum atomic E-state index is 3.90. The molecule has 0 spiro atoms. The van der Waals surface area contributed by atoms with Crippen molar-refractivity contribution >= 4 is 66.4 Å². The maximum absolute atomic E-state index is 3.90. The third-order valence-corrected chi connectivity index (χ3v) is 12.5. The average Bonchev–Trinajstić information content (AvgIpc) is 3.85. The first-order valence-corrected chi connectivity index (χ1v) is 21.7. The fraction of sp³-hybridized carbons (Fsp3) is 0.0164. The van der Waals surface area contributed by atoms with Crippen LogP contribution in [0.5, 0.6) is 0 Å². The SMILES string of the molecule is C=C/C=C\C(=C/C)c1ccc(N(c2ccc3c(c2)C(=C(c2ccccc2)c2ccccc2)c2ccccc2-3)c2ccc3c(c2)c2ccccc2n3-c2cccc3ccccc23)cc1. The second-order valence-electron chi connectivity index (χ2n) is 16.0. The molecule has 2 nitrogen and oxygen atoms in total. The number of hydrogen-bond acceptors (Lipinski definition) is 1. The summed E-state index contributed by atoms with van der Waals surface area (Å²) in [7, 11) is 0. The molecule has 1 aromatic heterocycles. The van der Waals surface area contributed by atoms with Crippen LogP contribution in [0.3, 0.4) is 0 Å². The zero-order valence-electron chi connectivity index (χ0n) is 35.1. The normalized spacial score (nSPS) is 12.3. The van der Waals surface area contributed by atoms with E-state index in [2.05, 4.69) is 247 Å². The highest BCUT2D eigenvalue weighted by atomic mass is 15.1. The molecule has 1 aliphatic rings. The number of allylic oxidation sites excluding steroid dienone is 5. The zero-order chi connectivity index (χ0) is 42.3. The molecule has 0 bridgehead atoms. The molecule has 0 radical (unpaired) electrons. The number of anilines is 3. The van der Waals surface area contributed by atoms with Gasteiger partial charge in [-0.1, -0.05) is 189 Å². The monoisotopic (exact) mass is 804 g/mol.